The number of aryl methyl sites for hydroxylation is 1. The van der Waals surface area contributed by atoms with Crippen molar-refractivity contribution in [3.63, 3.8) is 0 Å². The van der Waals surface area contributed by atoms with Gasteiger partial charge in [-0.25, -0.2) is 0 Å². The maximum absolute atomic E-state index is 12.9. The summed E-state index contributed by atoms with van der Waals surface area (Å²) in [7, 11) is 0. The molecule has 0 radical (unpaired) electrons. The third-order valence-corrected chi connectivity index (χ3v) is 5.72. The Bertz CT molecular complexity index is 1290. The number of halogens is 4. The van der Waals surface area contributed by atoms with E-state index in [0.717, 1.165) is 41.1 Å². The van der Waals surface area contributed by atoms with Crippen molar-refractivity contribution in [1.29, 1.82) is 0 Å². The number of alkyl halides is 3. The summed E-state index contributed by atoms with van der Waals surface area (Å²) in [6, 6.07) is 13.9. The Labute approximate surface area is 189 Å². The van der Waals surface area contributed by atoms with E-state index in [0.29, 0.717) is 16.5 Å². The van der Waals surface area contributed by atoms with Crippen LogP contribution < -0.4 is 5.32 Å². The highest BCUT2D eigenvalue weighted by Crippen LogP contribution is 2.34. The molecule has 0 saturated carbocycles. The molecule has 32 heavy (non-hydrogen) atoms. The number of thioether (sulfide) groups is 1. The minimum atomic E-state index is -4.54. The molecular formula is C21H15ClF3N5OS. The first-order valence-corrected chi connectivity index (χ1v) is 10.7. The van der Waals surface area contributed by atoms with Crippen LogP contribution >= 0.6 is 23.4 Å². The fourth-order valence-electron chi connectivity index (χ4n) is 2.85. The lowest BCUT2D eigenvalue weighted by Gasteiger charge is -2.11. The second-order valence-electron chi connectivity index (χ2n) is 6.86. The number of nitrogens with zero attached hydrogens (tertiary/aromatic N) is 4. The van der Waals surface area contributed by atoms with E-state index in [4.69, 9.17) is 11.6 Å². The Balaban J connectivity index is 1.48. The number of carbonyl (C=O) groups excluding carboxylic acids is 1. The molecule has 0 fully saturated rings. The molecule has 1 N–H and O–H groups in total. The molecular weight excluding hydrogens is 463 g/mol. The van der Waals surface area contributed by atoms with Gasteiger partial charge in [0, 0.05) is 5.56 Å². The first-order valence-electron chi connectivity index (χ1n) is 9.29. The van der Waals surface area contributed by atoms with E-state index < -0.39 is 17.6 Å². The number of anilines is 1. The Morgan fingerprint density at radius 3 is 2.56 bits per heavy atom. The minimum Gasteiger partial charge on any atom is -0.324 e. The first kappa shape index (κ1) is 22.1. The number of benzene rings is 2. The Morgan fingerprint density at radius 1 is 1.09 bits per heavy atom. The Morgan fingerprint density at radius 2 is 1.84 bits per heavy atom. The van der Waals surface area contributed by atoms with Gasteiger partial charge in [-0.1, -0.05) is 53.2 Å². The molecule has 0 unspecified atom stereocenters. The highest BCUT2D eigenvalue weighted by atomic mass is 35.5. The molecule has 1 amide bonds. The van der Waals surface area contributed by atoms with Crippen LogP contribution in [-0.4, -0.2) is 31.5 Å². The molecule has 0 bridgehead atoms. The number of hydrogen-bond acceptors (Lipinski definition) is 5. The van der Waals surface area contributed by atoms with Crippen LogP contribution in [0.3, 0.4) is 0 Å². The lowest BCUT2D eigenvalue weighted by atomic mass is 10.1. The number of rotatable bonds is 5. The Hall–Kier alpha value is -3.11. The quantitative estimate of drug-likeness (QED) is 0.384. The van der Waals surface area contributed by atoms with Crippen LogP contribution in [0.4, 0.5) is 18.9 Å². The van der Waals surface area contributed by atoms with E-state index in [1.807, 2.05) is 31.2 Å². The highest BCUT2D eigenvalue weighted by molar-refractivity contribution is 7.99. The molecule has 4 rings (SSSR count). The smallest absolute Gasteiger partial charge is 0.324 e. The van der Waals surface area contributed by atoms with Crippen LogP contribution in [0.2, 0.25) is 5.02 Å². The SMILES string of the molecule is Cc1ccc(-c2nnc3ccc(SCC(=O)Nc4cc(C(F)(F)F)ccc4Cl)nn23)cc1. The summed E-state index contributed by atoms with van der Waals surface area (Å²) in [6.07, 6.45) is -4.54. The van der Waals surface area contributed by atoms with Gasteiger partial charge in [0.15, 0.2) is 11.5 Å². The van der Waals surface area contributed by atoms with Crippen molar-refractivity contribution in [2.45, 2.75) is 18.1 Å². The van der Waals surface area contributed by atoms with Gasteiger partial charge < -0.3 is 5.32 Å². The van der Waals surface area contributed by atoms with Crippen molar-refractivity contribution in [3.8, 4) is 11.4 Å². The molecule has 0 spiro atoms. The standard InChI is InChI=1S/C21H15ClF3N5OS/c1-12-2-4-13(5-3-12)20-28-27-17-8-9-19(29-30(17)20)32-11-18(31)26-16-10-14(21(23,24)25)6-7-15(16)22/h2-10H,11H2,1H3,(H,26,31). The van der Waals surface area contributed by atoms with E-state index in [-0.39, 0.29) is 16.5 Å². The summed E-state index contributed by atoms with van der Waals surface area (Å²) in [4.78, 5) is 12.3. The highest BCUT2D eigenvalue weighted by Gasteiger charge is 2.31. The number of nitrogens with one attached hydrogen (secondary N) is 1. The Kier molecular flexibility index (Phi) is 6.07. The number of hydrogen-bond donors (Lipinski definition) is 1. The summed E-state index contributed by atoms with van der Waals surface area (Å²) < 4.78 is 40.3. The molecule has 2 aromatic heterocycles. The van der Waals surface area contributed by atoms with Gasteiger partial charge in [0.25, 0.3) is 0 Å². The molecule has 11 heteroatoms. The molecule has 2 aromatic carbocycles. The van der Waals surface area contributed by atoms with Crippen molar-refractivity contribution in [1.82, 2.24) is 19.8 Å². The second kappa shape index (κ2) is 8.79. The number of amides is 1. The molecule has 0 aliphatic heterocycles. The summed E-state index contributed by atoms with van der Waals surface area (Å²) in [5.41, 5.74) is 1.50. The van der Waals surface area contributed by atoms with Crippen LogP contribution in [0.15, 0.2) is 59.6 Å². The van der Waals surface area contributed by atoms with E-state index in [9.17, 15) is 18.0 Å². The van der Waals surface area contributed by atoms with Crippen LogP contribution in [0, 0.1) is 6.92 Å². The zero-order chi connectivity index (χ0) is 22.9. The molecule has 164 valence electrons. The van der Waals surface area contributed by atoms with Crippen molar-refractivity contribution in [2.75, 3.05) is 11.1 Å². The largest absolute Gasteiger partial charge is 0.416 e. The zero-order valence-electron chi connectivity index (χ0n) is 16.5. The van der Waals surface area contributed by atoms with Crippen molar-refractivity contribution < 1.29 is 18.0 Å². The monoisotopic (exact) mass is 477 g/mol. The van der Waals surface area contributed by atoms with Gasteiger partial charge in [-0.2, -0.15) is 22.8 Å². The van der Waals surface area contributed by atoms with E-state index in [1.54, 1.807) is 16.6 Å². The fraction of sp³-hybridized carbons (Fsp3) is 0.143. The minimum absolute atomic E-state index is 0.0168. The van der Waals surface area contributed by atoms with Gasteiger partial charge in [0.2, 0.25) is 5.91 Å². The average molecular weight is 478 g/mol. The third-order valence-electron chi connectivity index (χ3n) is 4.47. The summed E-state index contributed by atoms with van der Waals surface area (Å²) in [6.45, 7) is 1.98. The van der Waals surface area contributed by atoms with E-state index >= 15 is 0 Å². The number of carbonyl (C=O) groups is 1. The topological polar surface area (TPSA) is 72.2 Å². The normalized spacial score (nSPS) is 11.7. The molecule has 4 aromatic rings. The number of aromatic nitrogens is 4. The van der Waals surface area contributed by atoms with Crippen molar-refractivity contribution in [2.24, 2.45) is 0 Å². The first-order chi connectivity index (χ1) is 15.2. The summed E-state index contributed by atoms with van der Waals surface area (Å²) in [5.74, 6) is -0.0316. The van der Waals surface area contributed by atoms with Crippen LogP contribution in [0.5, 0.6) is 0 Å². The average Bonchev–Trinajstić information content (AvgIpc) is 3.17. The van der Waals surface area contributed by atoms with Crippen LogP contribution in [-0.2, 0) is 11.0 Å². The molecule has 0 saturated heterocycles. The van der Waals surface area contributed by atoms with Crippen molar-refractivity contribution >= 4 is 40.6 Å². The zero-order valence-corrected chi connectivity index (χ0v) is 18.1. The van der Waals surface area contributed by atoms with Crippen LogP contribution in [0.25, 0.3) is 17.0 Å². The van der Waals surface area contributed by atoms with Gasteiger partial charge in [-0.3, -0.25) is 4.79 Å². The van der Waals surface area contributed by atoms with Gasteiger partial charge >= 0.3 is 6.18 Å². The van der Waals surface area contributed by atoms with Gasteiger partial charge in [-0.15, -0.1) is 10.2 Å². The predicted octanol–water partition coefficient (Wildman–Crippen LogP) is 5.50. The second-order valence-corrected chi connectivity index (χ2v) is 8.26. The van der Waals surface area contributed by atoms with Gasteiger partial charge in [0.1, 0.15) is 5.03 Å². The van der Waals surface area contributed by atoms with Crippen LogP contribution in [0.1, 0.15) is 11.1 Å². The number of fused-ring (bicyclic) bond motifs is 1. The maximum Gasteiger partial charge on any atom is 0.416 e. The maximum atomic E-state index is 12.9. The lowest BCUT2D eigenvalue weighted by molar-refractivity contribution is -0.137. The third kappa shape index (κ3) is 4.86. The molecule has 2 heterocycles. The molecule has 6 nitrogen and oxygen atoms in total. The summed E-state index contributed by atoms with van der Waals surface area (Å²) in [5, 5.41) is 15.7. The molecule has 0 aliphatic rings. The predicted molar refractivity (Wildman–Crippen MR) is 117 cm³/mol. The van der Waals surface area contributed by atoms with Gasteiger partial charge in [0.05, 0.1) is 22.0 Å². The van der Waals surface area contributed by atoms with E-state index in [2.05, 4.69) is 20.6 Å². The molecule has 0 atom stereocenters. The van der Waals surface area contributed by atoms with Gasteiger partial charge in [-0.05, 0) is 37.3 Å². The van der Waals surface area contributed by atoms with Crippen molar-refractivity contribution in [3.05, 3.63) is 70.7 Å². The molecule has 0 aliphatic carbocycles. The van der Waals surface area contributed by atoms with E-state index in [1.165, 1.54) is 0 Å². The fourth-order valence-corrected chi connectivity index (χ4v) is 3.67. The summed E-state index contributed by atoms with van der Waals surface area (Å²) >= 11 is 7.05. The lowest BCUT2D eigenvalue weighted by Crippen LogP contribution is -2.15.